The first-order chi connectivity index (χ1) is 5.56. The zero-order valence-electron chi connectivity index (χ0n) is 6.53. The highest BCUT2D eigenvalue weighted by molar-refractivity contribution is 5.89. The first kappa shape index (κ1) is 8.74. The van der Waals surface area contributed by atoms with Gasteiger partial charge in [0.15, 0.2) is 0 Å². The van der Waals surface area contributed by atoms with Gasteiger partial charge < -0.3 is 10.2 Å². The van der Waals surface area contributed by atoms with E-state index in [4.69, 9.17) is 5.11 Å². The van der Waals surface area contributed by atoms with Crippen LogP contribution in [0.1, 0.15) is 6.42 Å². The second-order valence-corrected chi connectivity index (χ2v) is 2.70. The molecule has 0 bridgehead atoms. The van der Waals surface area contributed by atoms with E-state index in [1.54, 1.807) is 18.2 Å². The third kappa shape index (κ3) is 1.46. The van der Waals surface area contributed by atoms with Crippen LogP contribution in [0.5, 0.6) is 0 Å². The summed E-state index contributed by atoms with van der Waals surface area (Å²) in [7, 11) is 0. The minimum absolute atomic E-state index is 0.192. The van der Waals surface area contributed by atoms with Crippen molar-refractivity contribution in [1.29, 1.82) is 0 Å². The van der Waals surface area contributed by atoms with Gasteiger partial charge >= 0.3 is 5.97 Å². The maximum absolute atomic E-state index is 10.5. The molecule has 0 aliphatic heterocycles. The highest BCUT2D eigenvalue weighted by Crippen LogP contribution is 2.24. The van der Waals surface area contributed by atoms with Gasteiger partial charge in [-0.25, -0.2) is 4.79 Å². The molecule has 0 aromatic carbocycles. The molecule has 1 unspecified atom stereocenters. The Bertz CT molecular complexity index is 275. The van der Waals surface area contributed by atoms with E-state index in [1.165, 1.54) is 6.08 Å². The van der Waals surface area contributed by atoms with Crippen molar-refractivity contribution in [3.8, 4) is 0 Å². The smallest absolute Gasteiger partial charge is 0.334 e. The van der Waals surface area contributed by atoms with Crippen LogP contribution in [0.25, 0.3) is 0 Å². The second-order valence-electron chi connectivity index (χ2n) is 2.70. The van der Waals surface area contributed by atoms with E-state index in [1.807, 2.05) is 0 Å². The normalized spacial score (nSPS) is 27.1. The summed E-state index contributed by atoms with van der Waals surface area (Å²) in [5.41, 5.74) is -1.59. The number of aliphatic carboxylic acids is 1. The zero-order chi connectivity index (χ0) is 9.19. The van der Waals surface area contributed by atoms with Crippen LogP contribution in [0.4, 0.5) is 0 Å². The molecule has 0 aromatic heterocycles. The third-order valence-electron chi connectivity index (χ3n) is 1.83. The molecule has 1 rings (SSSR count). The van der Waals surface area contributed by atoms with Gasteiger partial charge in [0, 0.05) is 6.42 Å². The van der Waals surface area contributed by atoms with Crippen LogP contribution in [0.2, 0.25) is 0 Å². The molecule has 0 heterocycles. The van der Waals surface area contributed by atoms with Crippen LogP contribution in [0, 0.1) is 0 Å². The van der Waals surface area contributed by atoms with Crippen LogP contribution in [-0.4, -0.2) is 21.8 Å². The third-order valence-corrected chi connectivity index (χ3v) is 1.83. The summed E-state index contributed by atoms with van der Waals surface area (Å²) in [6.07, 6.45) is 6.77. The van der Waals surface area contributed by atoms with Crippen molar-refractivity contribution in [3.05, 3.63) is 36.5 Å². The lowest BCUT2D eigenvalue weighted by molar-refractivity contribution is -0.134. The number of allylic oxidation sites excluding steroid dienone is 2. The fourth-order valence-electron chi connectivity index (χ4n) is 1.02. The van der Waals surface area contributed by atoms with Gasteiger partial charge in [-0.1, -0.05) is 24.8 Å². The van der Waals surface area contributed by atoms with Crippen molar-refractivity contribution in [2.45, 2.75) is 12.0 Å². The van der Waals surface area contributed by atoms with Crippen LogP contribution in [0.3, 0.4) is 0 Å². The van der Waals surface area contributed by atoms with E-state index >= 15 is 0 Å². The molecule has 64 valence electrons. The Morgan fingerprint density at radius 1 is 1.50 bits per heavy atom. The van der Waals surface area contributed by atoms with Gasteiger partial charge in [0.2, 0.25) is 0 Å². The van der Waals surface area contributed by atoms with Gasteiger partial charge in [0.1, 0.15) is 5.60 Å². The summed E-state index contributed by atoms with van der Waals surface area (Å²) in [6, 6.07) is 0. The molecule has 0 saturated heterocycles. The Labute approximate surface area is 70.3 Å². The number of hydrogen-bond acceptors (Lipinski definition) is 2. The SMILES string of the molecule is C=C(C(=O)O)C1(O)C=CC=CC1. The maximum atomic E-state index is 10.5. The van der Waals surface area contributed by atoms with Crippen LogP contribution in [-0.2, 0) is 4.79 Å². The summed E-state index contributed by atoms with van der Waals surface area (Å²) >= 11 is 0. The highest BCUT2D eigenvalue weighted by atomic mass is 16.4. The second kappa shape index (κ2) is 2.95. The van der Waals surface area contributed by atoms with Crippen LogP contribution >= 0.6 is 0 Å². The fraction of sp³-hybridized carbons (Fsp3) is 0.222. The molecule has 12 heavy (non-hydrogen) atoms. The van der Waals surface area contributed by atoms with Crippen molar-refractivity contribution in [1.82, 2.24) is 0 Å². The minimum Gasteiger partial charge on any atom is -0.478 e. The average molecular weight is 166 g/mol. The zero-order valence-corrected chi connectivity index (χ0v) is 6.53. The van der Waals surface area contributed by atoms with Gasteiger partial charge in [-0.3, -0.25) is 0 Å². The molecule has 1 aliphatic carbocycles. The lowest BCUT2D eigenvalue weighted by Crippen LogP contribution is -2.32. The standard InChI is InChI=1S/C9H10O3/c1-7(8(10)11)9(12)5-3-2-4-6-9/h2-5,12H,1,6H2,(H,10,11). The minimum atomic E-state index is -1.40. The Hall–Kier alpha value is -1.35. The predicted molar refractivity (Wildman–Crippen MR) is 44.6 cm³/mol. The first-order valence-electron chi connectivity index (χ1n) is 3.56. The summed E-state index contributed by atoms with van der Waals surface area (Å²) in [5, 5.41) is 18.3. The topological polar surface area (TPSA) is 57.5 Å². The molecule has 3 nitrogen and oxygen atoms in total. The molecule has 0 amide bonds. The van der Waals surface area contributed by atoms with Crippen molar-refractivity contribution in [2.24, 2.45) is 0 Å². The van der Waals surface area contributed by atoms with Gasteiger partial charge in [0.25, 0.3) is 0 Å². The van der Waals surface area contributed by atoms with E-state index < -0.39 is 11.6 Å². The molecular weight excluding hydrogens is 156 g/mol. The fourth-order valence-corrected chi connectivity index (χ4v) is 1.02. The van der Waals surface area contributed by atoms with Crippen molar-refractivity contribution >= 4 is 5.97 Å². The van der Waals surface area contributed by atoms with Gasteiger partial charge in [0.05, 0.1) is 5.57 Å². The molecule has 0 saturated carbocycles. The number of carbonyl (C=O) groups is 1. The van der Waals surface area contributed by atoms with Gasteiger partial charge in [-0.15, -0.1) is 0 Å². The molecule has 2 N–H and O–H groups in total. The Morgan fingerprint density at radius 2 is 2.17 bits per heavy atom. The quantitative estimate of drug-likeness (QED) is 0.598. The molecule has 0 spiro atoms. The molecule has 0 radical (unpaired) electrons. The van der Waals surface area contributed by atoms with E-state index in [0.29, 0.717) is 0 Å². The molecule has 0 aromatic rings. The first-order valence-corrected chi connectivity index (χ1v) is 3.56. The molecule has 0 fully saturated rings. The lowest BCUT2D eigenvalue weighted by atomic mass is 9.88. The van der Waals surface area contributed by atoms with Crippen LogP contribution < -0.4 is 0 Å². The summed E-state index contributed by atoms with van der Waals surface area (Å²) in [6.45, 7) is 3.31. The predicted octanol–water partition coefficient (Wildman–Crippen LogP) is 0.874. The van der Waals surface area contributed by atoms with E-state index in [2.05, 4.69) is 6.58 Å². The maximum Gasteiger partial charge on any atom is 0.334 e. The van der Waals surface area contributed by atoms with Crippen molar-refractivity contribution in [2.75, 3.05) is 0 Å². The Kier molecular flexibility index (Phi) is 2.15. The monoisotopic (exact) mass is 166 g/mol. The van der Waals surface area contributed by atoms with Crippen molar-refractivity contribution < 1.29 is 15.0 Å². The molecule has 1 atom stereocenters. The lowest BCUT2D eigenvalue weighted by Gasteiger charge is -2.24. The summed E-state index contributed by atoms with van der Waals surface area (Å²) in [4.78, 5) is 10.5. The number of aliphatic hydroxyl groups is 1. The number of hydrogen-bond donors (Lipinski definition) is 2. The number of rotatable bonds is 2. The van der Waals surface area contributed by atoms with E-state index in [-0.39, 0.29) is 12.0 Å². The molecular formula is C9H10O3. The average Bonchev–Trinajstić information content (AvgIpc) is 2.04. The van der Waals surface area contributed by atoms with E-state index in [9.17, 15) is 9.90 Å². The number of carboxylic acids is 1. The summed E-state index contributed by atoms with van der Waals surface area (Å²) in [5.74, 6) is -1.17. The Balaban J connectivity index is 2.86. The van der Waals surface area contributed by atoms with Crippen molar-refractivity contribution in [3.63, 3.8) is 0 Å². The summed E-state index contributed by atoms with van der Waals surface area (Å²) < 4.78 is 0. The molecule has 1 aliphatic rings. The van der Waals surface area contributed by atoms with E-state index in [0.717, 1.165) is 0 Å². The largest absolute Gasteiger partial charge is 0.478 e. The van der Waals surface area contributed by atoms with Crippen LogP contribution in [0.15, 0.2) is 36.5 Å². The number of carboxylic acid groups (broad SMARTS) is 1. The Morgan fingerprint density at radius 3 is 2.58 bits per heavy atom. The van der Waals surface area contributed by atoms with Gasteiger partial charge in [-0.05, 0) is 6.08 Å². The highest BCUT2D eigenvalue weighted by Gasteiger charge is 2.31. The van der Waals surface area contributed by atoms with Gasteiger partial charge in [-0.2, -0.15) is 0 Å². The molecule has 3 heteroatoms.